The van der Waals surface area contributed by atoms with Crippen LogP contribution < -0.4 is 5.32 Å². The predicted octanol–water partition coefficient (Wildman–Crippen LogP) is 3.21. The van der Waals surface area contributed by atoms with Crippen molar-refractivity contribution < 1.29 is 9.66 Å². The molecule has 0 unspecified atom stereocenters. The van der Waals surface area contributed by atoms with E-state index in [1.807, 2.05) is 6.07 Å². The largest absolute Gasteiger partial charge is 0.381 e. The molecule has 1 spiro atoms. The Balaban J connectivity index is 1.53. The van der Waals surface area contributed by atoms with Gasteiger partial charge in [-0.3, -0.25) is 10.1 Å². The molecule has 0 aromatic heterocycles. The summed E-state index contributed by atoms with van der Waals surface area (Å²) >= 11 is 0. The van der Waals surface area contributed by atoms with Crippen molar-refractivity contribution >= 4 is 11.4 Å². The van der Waals surface area contributed by atoms with E-state index in [0.717, 1.165) is 19.8 Å². The number of benzene rings is 1. The van der Waals surface area contributed by atoms with Gasteiger partial charge in [-0.2, -0.15) is 0 Å². The van der Waals surface area contributed by atoms with Crippen molar-refractivity contribution in [3.63, 3.8) is 0 Å². The maximum Gasteiger partial charge on any atom is 0.292 e. The zero-order chi connectivity index (χ0) is 14.0. The summed E-state index contributed by atoms with van der Waals surface area (Å²) in [5.74, 6) is 0.632. The zero-order valence-corrected chi connectivity index (χ0v) is 11.5. The topological polar surface area (TPSA) is 64.4 Å². The maximum absolute atomic E-state index is 10.9. The fourth-order valence-electron chi connectivity index (χ4n) is 3.56. The highest BCUT2D eigenvalue weighted by Crippen LogP contribution is 2.52. The Morgan fingerprint density at radius 3 is 2.70 bits per heavy atom. The number of nitrogens with one attached hydrogen (secondary N) is 1. The molecule has 0 amide bonds. The van der Waals surface area contributed by atoms with Gasteiger partial charge in [-0.05, 0) is 43.1 Å². The molecule has 1 aromatic carbocycles. The van der Waals surface area contributed by atoms with Crippen LogP contribution in [0.15, 0.2) is 24.3 Å². The normalized spacial score (nSPS) is 21.4. The second kappa shape index (κ2) is 5.40. The van der Waals surface area contributed by atoms with Crippen LogP contribution in [-0.4, -0.2) is 24.7 Å². The first-order chi connectivity index (χ1) is 9.69. The molecule has 5 heteroatoms. The van der Waals surface area contributed by atoms with Crippen molar-refractivity contribution in [3.05, 3.63) is 34.4 Å². The Morgan fingerprint density at radius 1 is 1.30 bits per heavy atom. The van der Waals surface area contributed by atoms with E-state index >= 15 is 0 Å². The van der Waals surface area contributed by atoms with Crippen LogP contribution in [-0.2, 0) is 4.74 Å². The Labute approximate surface area is 118 Å². The number of nitro groups is 1. The number of hydrogen-bond acceptors (Lipinski definition) is 4. The molecule has 3 rings (SSSR count). The minimum Gasteiger partial charge on any atom is -0.381 e. The molecule has 1 N–H and O–H groups in total. The maximum atomic E-state index is 10.9. The molecule has 1 saturated carbocycles. The van der Waals surface area contributed by atoms with Crippen molar-refractivity contribution in [2.24, 2.45) is 11.3 Å². The smallest absolute Gasteiger partial charge is 0.292 e. The third-order valence-electron chi connectivity index (χ3n) is 4.68. The Kier molecular flexibility index (Phi) is 3.61. The van der Waals surface area contributed by atoms with Gasteiger partial charge < -0.3 is 10.1 Å². The summed E-state index contributed by atoms with van der Waals surface area (Å²) in [7, 11) is 0. The zero-order valence-electron chi connectivity index (χ0n) is 11.5. The first-order valence-electron chi connectivity index (χ1n) is 7.24. The number of para-hydroxylation sites is 2. The highest BCUT2D eigenvalue weighted by Gasteiger charge is 2.44. The van der Waals surface area contributed by atoms with Gasteiger partial charge in [0.2, 0.25) is 0 Å². The number of nitrogens with zero attached hydrogens (tertiary/aromatic N) is 1. The van der Waals surface area contributed by atoms with Gasteiger partial charge in [0.1, 0.15) is 5.69 Å². The Morgan fingerprint density at radius 2 is 2.00 bits per heavy atom. The molecule has 1 aromatic rings. The Bertz CT molecular complexity index is 490. The highest BCUT2D eigenvalue weighted by atomic mass is 16.6. The van der Waals surface area contributed by atoms with Crippen LogP contribution in [0.2, 0.25) is 0 Å². The molecular weight excluding hydrogens is 256 g/mol. The molecule has 0 atom stereocenters. The van der Waals surface area contributed by atoms with Crippen molar-refractivity contribution in [2.75, 3.05) is 25.1 Å². The van der Waals surface area contributed by atoms with E-state index < -0.39 is 0 Å². The van der Waals surface area contributed by atoms with Crippen LogP contribution >= 0.6 is 0 Å². The summed E-state index contributed by atoms with van der Waals surface area (Å²) in [5.41, 5.74) is 1.30. The number of anilines is 1. The van der Waals surface area contributed by atoms with Crippen molar-refractivity contribution in [1.82, 2.24) is 0 Å². The van der Waals surface area contributed by atoms with E-state index in [1.54, 1.807) is 18.2 Å². The summed E-state index contributed by atoms with van der Waals surface area (Å²) in [5, 5.41) is 14.2. The summed E-state index contributed by atoms with van der Waals surface area (Å²) < 4.78 is 5.42. The van der Waals surface area contributed by atoms with Gasteiger partial charge >= 0.3 is 0 Å². The van der Waals surface area contributed by atoms with E-state index in [0.29, 0.717) is 17.0 Å². The molecule has 0 radical (unpaired) electrons. The highest BCUT2D eigenvalue weighted by molar-refractivity contribution is 5.61. The summed E-state index contributed by atoms with van der Waals surface area (Å²) in [6, 6.07) is 6.85. The quantitative estimate of drug-likeness (QED) is 0.677. The van der Waals surface area contributed by atoms with Gasteiger partial charge in [0, 0.05) is 25.8 Å². The van der Waals surface area contributed by atoms with Gasteiger partial charge in [-0.25, -0.2) is 0 Å². The third kappa shape index (κ3) is 2.63. The van der Waals surface area contributed by atoms with Crippen LogP contribution in [0.3, 0.4) is 0 Å². The number of rotatable bonds is 4. The van der Waals surface area contributed by atoms with E-state index in [-0.39, 0.29) is 10.6 Å². The summed E-state index contributed by atoms with van der Waals surface area (Å²) in [6.45, 7) is 2.61. The molecule has 1 aliphatic carbocycles. The minimum atomic E-state index is -0.330. The van der Waals surface area contributed by atoms with Crippen molar-refractivity contribution in [3.8, 4) is 0 Å². The first-order valence-corrected chi connectivity index (χ1v) is 7.24. The second-order valence-corrected chi connectivity index (χ2v) is 6.04. The third-order valence-corrected chi connectivity index (χ3v) is 4.68. The lowest BCUT2D eigenvalue weighted by atomic mass is 9.58. The van der Waals surface area contributed by atoms with Crippen LogP contribution in [0.1, 0.15) is 25.7 Å². The monoisotopic (exact) mass is 276 g/mol. The SMILES string of the molecule is O=[N+]([O-])c1ccccc1NCC1CC2(CCOCC2)C1. The van der Waals surface area contributed by atoms with E-state index in [1.165, 1.54) is 25.7 Å². The Hall–Kier alpha value is -1.62. The molecule has 1 saturated heterocycles. The van der Waals surface area contributed by atoms with Crippen LogP contribution in [0.25, 0.3) is 0 Å². The molecule has 2 fully saturated rings. The van der Waals surface area contributed by atoms with E-state index in [9.17, 15) is 10.1 Å². The second-order valence-electron chi connectivity index (χ2n) is 6.04. The van der Waals surface area contributed by atoms with Crippen LogP contribution in [0.4, 0.5) is 11.4 Å². The number of ether oxygens (including phenoxy) is 1. The number of hydrogen-bond donors (Lipinski definition) is 1. The van der Waals surface area contributed by atoms with Gasteiger partial charge in [-0.1, -0.05) is 12.1 Å². The molecule has 0 bridgehead atoms. The van der Waals surface area contributed by atoms with E-state index in [4.69, 9.17) is 4.74 Å². The van der Waals surface area contributed by atoms with Crippen LogP contribution in [0.5, 0.6) is 0 Å². The molecule has 1 heterocycles. The minimum absolute atomic E-state index is 0.160. The lowest BCUT2D eigenvalue weighted by molar-refractivity contribution is -0.384. The van der Waals surface area contributed by atoms with Gasteiger partial charge in [0.05, 0.1) is 4.92 Å². The summed E-state index contributed by atoms with van der Waals surface area (Å²) in [6.07, 6.45) is 4.80. The molecular formula is C15H20N2O3. The molecule has 108 valence electrons. The molecule has 20 heavy (non-hydrogen) atoms. The average molecular weight is 276 g/mol. The lowest BCUT2D eigenvalue weighted by Gasteiger charge is -2.50. The first kappa shape index (κ1) is 13.4. The standard InChI is InChI=1S/C15H20N2O3/c18-17(19)14-4-2-1-3-13(14)16-11-12-9-15(10-12)5-7-20-8-6-15/h1-4,12,16H,5-11H2. The average Bonchev–Trinajstić information content (AvgIpc) is 2.44. The number of nitro benzene ring substituents is 1. The lowest BCUT2D eigenvalue weighted by Crippen LogP contribution is -2.44. The predicted molar refractivity (Wildman–Crippen MR) is 76.8 cm³/mol. The van der Waals surface area contributed by atoms with Crippen molar-refractivity contribution in [1.29, 1.82) is 0 Å². The molecule has 1 aliphatic heterocycles. The van der Waals surface area contributed by atoms with E-state index in [2.05, 4.69) is 5.32 Å². The fourth-order valence-corrected chi connectivity index (χ4v) is 3.56. The van der Waals surface area contributed by atoms with Gasteiger partial charge in [-0.15, -0.1) is 0 Å². The molecule has 5 nitrogen and oxygen atoms in total. The van der Waals surface area contributed by atoms with Crippen LogP contribution in [0, 0.1) is 21.4 Å². The van der Waals surface area contributed by atoms with Gasteiger partial charge in [0.15, 0.2) is 0 Å². The summed E-state index contributed by atoms with van der Waals surface area (Å²) in [4.78, 5) is 10.6. The fraction of sp³-hybridized carbons (Fsp3) is 0.600. The molecule has 2 aliphatic rings. The van der Waals surface area contributed by atoms with Crippen molar-refractivity contribution in [2.45, 2.75) is 25.7 Å². The van der Waals surface area contributed by atoms with Gasteiger partial charge in [0.25, 0.3) is 5.69 Å².